The van der Waals surface area contributed by atoms with Gasteiger partial charge >= 0.3 is 0 Å². The highest BCUT2D eigenvalue weighted by atomic mass is 16.5. The van der Waals surface area contributed by atoms with Crippen molar-refractivity contribution < 1.29 is 19.0 Å². The second-order valence-electron chi connectivity index (χ2n) is 7.31. The maximum atomic E-state index is 12.9. The molecule has 162 valence electrons. The van der Waals surface area contributed by atoms with Crippen molar-refractivity contribution >= 4 is 5.91 Å². The maximum Gasteiger partial charge on any atom is 0.261 e. The number of carbonyl (C=O) groups excluding carboxylic acids is 1. The summed E-state index contributed by atoms with van der Waals surface area (Å²) in [6.45, 7) is 0.672. The Morgan fingerprint density at radius 2 is 1.90 bits per heavy atom. The lowest BCUT2D eigenvalue weighted by atomic mass is 10.0. The first-order valence-corrected chi connectivity index (χ1v) is 10.3. The molecule has 2 aromatic carbocycles. The smallest absolute Gasteiger partial charge is 0.261 e. The van der Waals surface area contributed by atoms with Crippen molar-refractivity contribution in [3.05, 3.63) is 54.4 Å². The van der Waals surface area contributed by atoms with Gasteiger partial charge in [0.1, 0.15) is 11.6 Å². The van der Waals surface area contributed by atoms with Crippen LogP contribution in [0.1, 0.15) is 31.1 Å². The fraction of sp³-hybridized carbons (Fsp3) is 0.348. The molecule has 0 aliphatic carbocycles. The van der Waals surface area contributed by atoms with Gasteiger partial charge in [-0.2, -0.15) is 5.10 Å². The molecule has 1 N–H and O–H groups in total. The van der Waals surface area contributed by atoms with Crippen molar-refractivity contribution in [1.82, 2.24) is 20.1 Å². The summed E-state index contributed by atoms with van der Waals surface area (Å²) in [5.74, 6) is 3.10. The normalized spacial score (nSPS) is 16.1. The number of rotatable bonds is 7. The van der Waals surface area contributed by atoms with Crippen LogP contribution < -0.4 is 14.2 Å². The number of methoxy groups -OCH3 is 2. The molecule has 1 fully saturated rings. The van der Waals surface area contributed by atoms with Gasteiger partial charge in [0.05, 0.1) is 20.3 Å². The molecule has 1 unspecified atom stereocenters. The zero-order valence-electron chi connectivity index (χ0n) is 17.7. The van der Waals surface area contributed by atoms with Crippen molar-refractivity contribution in [3.8, 4) is 28.6 Å². The second kappa shape index (κ2) is 9.51. The number of piperidine rings is 1. The summed E-state index contributed by atoms with van der Waals surface area (Å²) in [7, 11) is 3.19. The van der Waals surface area contributed by atoms with Crippen LogP contribution in [0.25, 0.3) is 11.4 Å². The van der Waals surface area contributed by atoms with E-state index in [-0.39, 0.29) is 18.6 Å². The highest BCUT2D eigenvalue weighted by Gasteiger charge is 2.30. The van der Waals surface area contributed by atoms with Gasteiger partial charge in [0.25, 0.3) is 5.91 Å². The van der Waals surface area contributed by atoms with Crippen molar-refractivity contribution in [2.24, 2.45) is 0 Å². The van der Waals surface area contributed by atoms with Crippen LogP contribution in [-0.2, 0) is 4.79 Å². The van der Waals surface area contributed by atoms with Gasteiger partial charge in [-0.25, -0.2) is 4.98 Å². The van der Waals surface area contributed by atoms with Crippen LogP contribution >= 0.6 is 0 Å². The lowest BCUT2D eigenvalue weighted by molar-refractivity contribution is -0.137. The number of aromatic nitrogens is 3. The summed E-state index contributed by atoms with van der Waals surface area (Å²) in [4.78, 5) is 19.4. The van der Waals surface area contributed by atoms with E-state index in [1.54, 1.807) is 14.2 Å². The van der Waals surface area contributed by atoms with Gasteiger partial charge in [-0.05, 0) is 49.6 Å². The van der Waals surface area contributed by atoms with Gasteiger partial charge in [0.2, 0.25) is 0 Å². The molecule has 8 heteroatoms. The molecule has 0 bridgehead atoms. The van der Waals surface area contributed by atoms with Crippen LogP contribution in [0.15, 0.2) is 48.5 Å². The Kier molecular flexibility index (Phi) is 6.35. The number of carbonyl (C=O) groups is 1. The Bertz CT molecular complexity index is 1020. The number of aromatic amines is 1. The van der Waals surface area contributed by atoms with Crippen molar-refractivity contribution in [3.63, 3.8) is 0 Å². The van der Waals surface area contributed by atoms with Gasteiger partial charge in [-0.3, -0.25) is 9.89 Å². The number of hydrogen-bond donors (Lipinski definition) is 1. The third-order valence-electron chi connectivity index (χ3n) is 5.39. The Morgan fingerprint density at radius 1 is 1.10 bits per heavy atom. The Labute approximate surface area is 181 Å². The lowest BCUT2D eigenvalue weighted by Gasteiger charge is -2.34. The van der Waals surface area contributed by atoms with Crippen LogP contribution in [0.2, 0.25) is 0 Å². The minimum Gasteiger partial charge on any atom is -0.493 e. The van der Waals surface area contributed by atoms with Crippen molar-refractivity contribution in [2.45, 2.75) is 25.3 Å². The van der Waals surface area contributed by atoms with Gasteiger partial charge in [0.15, 0.2) is 23.9 Å². The molecule has 31 heavy (non-hydrogen) atoms. The summed E-state index contributed by atoms with van der Waals surface area (Å²) in [5.41, 5.74) is 0.807. The number of nitrogens with zero attached hydrogens (tertiary/aromatic N) is 3. The zero-order chi connectivity index (χ0) is 21.6. The first-order valence-electron chi connectivity index (χ1n) is 10.3. The zero-order valence-corrected chi connectivity index (χ0v) is 17.7. The van der Waals surface area contributed by atoms with Crippen LogP contribution in [0.4, 0.5) is 0 Å². The number of benzene rings is 2. The molecular weight excluding hydrogens is 396 g/mol. The van der Waals surface area contributed by atoms with Gasteiger partial charge in [-0.1, -0.05) is 18.2 Å². The predicted molar refractivity (Wildman–Crippen MR) is 115 cm³/mol. The molecule has 1 saturated heterocycles. The molecule has 4 rings (SSSR count). The number of hydrogen-bond acceptors (Lipinski definition) is 6. The quantitative estimate of drug-likeness (QED) is 0.626. The summed E-state index contributed by atoms with van der Waals surface area (Å²) in [6.07, 6.45) is 2.82. The first kappa shape index (κ1) is 20.7. The number of likely N-dealkylation sites (tertiary alicyclic amines) is 1. The molecule has 0 radical (unpaired) electrons. The van der Waals surface area contributed by atoms with Crippen LogP contribution in [0.5, 0.6) is 17.2 Å². The fourth-order valence-electron chi connectivity index (χ4n) is 3.79. The molecular formula is C23H26N4O4. The Morgan fingerprint density at radius 3 is 2.68 bits per heavy atom. The molecule has 2 heterocycles. The van der Waals surface area contributed by atoms with E-state index < -0.39 is 0 Å². The topological polar surface area (TPSA) is 89.6 Å². The van der Waals surface area contributed by atoms with E-state index in [4.69, 9.17) is 14.2 Å². The summed E-state index contributed by atoms with van der Waals surface area (Å²) in [5, 5.41) is 7.41. The number of ether oxygens (including phenoxy) is 3. The monoisotopic (exact) mass is 422 g/mol. The van der Waals surface area contributed by atoms with E-state index in [2.05, 4.69) is 15.2 Å². The summed E-state index contributed by atoms with van der Waals surface area (Å²) < 4.78 is 16.3. The number of para-hydroxylation sites is 1. The molecule has 0 saturated carbocycles. The van der Waals surface area contributed by atoms with Crippen LogP contribution in [0.3, 0.4) is 0 Å². The third-order valence-corrected chi connectivity index (χ3v) is 5.39. The molecule has 8 nitrogen and oxygen atoms in total. The summed E-state index contributed by atoms with van der Waals surface area (Å²) in [6, 6.07) is 14.7. The first-order chi connectivity index (χ1) is 15.2. The predicted octanol–water partition coefficient (Wildman–Crippen LogP) is 3.62. The van der Waals surface area contributed by atoms with E-state index in [0.29, 0.717) is 35.4 Å². The van der Waals surface area contributed by atoms with Gasteiger partial charge in [0, 0.05) is 12.1 Å². The molecule has 1 amide bonds. The molecule has 1 aromatic heterocycles. The number of nitrogens with one attached hydrogen (secondary N) is 1. The standard InChI is InChI=1S/C23H26N4O4/c1-29-19-12-11-16(14-20(19)30-2)22-24-23(26-25-22)18-10-6-7-13-27(18)21(28)15-31-17-8-4-3-5-9-17/h3-5,8-9,11-12,14,18H,6-7,10,13,15H2,1-2H3,(H,24,25,26). The second-order valence-corrected chi connectivity index (χ2v) is 7.31. The minimum atomic E-state index is -0.151. The van der Waals surface area contributed by atoms with E-state index in [9.17, 15) is 4.79 Å². The van der Waals surface area contributed by atoms with Gasteiger partial charge in [-0.15, -0.1) is 0 Å². The van der Waals surface area contributed by atoms with E-state index >= 15 is 0 Å². The minimum absolute atomic E-state index is 0.00279. The van der Waals surface area contributed by atoms with Gasteiger partial charge < -0.3 is 19.1 Å². The summed E-state index contributed by atoms with van der Waals surface area (Å²) >= 11 is 0. The fourth-order valence-corrected chi connectivity index (χ4v) is 3.79. The van der Waals surface area contributed by atoms with E-state index in [0.717, 1.165) is 24.8 Å². The largest absolute Gasteiger partial charge is 0.493 e. The Hall–Kier alpha value is -3.55. The SMILES string of the molecule is COc1ccc(-c2n[nH]c(C3CCCCN3C(=O)COc3ccccc3)n2)cc1OC. The Balaban J connectivity index is 1.50. The lowest BCUT2D eigenvalue weighted by Crippen LogP contribution is -2.41. The molecule has 1 aliphatic rings. The van der Waals surface area contributed by atoms with Crippen molar-refractivity contribution in [2.75, 3.05) is 27.4 Å². The highest BCUT2D eigenvalue weighted by Crippen LogP contribution is 2.33. The third kappa shape index (κ3) is 4.63. The number of H-pyrrole nitrogens is 1. The average Bonchev–Trinajstić information content (AvgIpc) is 3.33. The highest BCUT2D eigenvalue weighted by molar-refractivity contribution is 5.78. The van der Waals surface area contributed by atoms with Crippen LogP contribution in [-0.4, -0.2) is 53.4 Å². The van der Waals surface area contributed by atoms with E-state index in [1.807, 2.05) is 53.4 Å². The molecule has 1 aliphatic heterocycles. The maximum absolute atomic E-state index is 12.9. The molecule has 0 spiro atoms. The molecule has 1 atom stereocenters. The van der Waals surface area contributed by atoms with Crippen molar-refractivity contribution in [1.29, 1.82) is 0 Å². The average molecular weight is 422 g/mol. The number of amides is 1. The van der Waals surface area contributed by atoms with Crippen LogP contribution in [0, 0.1) is 0 Å². The molecule has 3 aromatic rings. The van der Waals surface area contributed by atoms with E-state index in [1.165, 1.54) is 0 Å².